The molecule has 156 valence electrons. The molecule has 28 heavy (non-hydrogen) atoms. The number of esters is 1. The van der Waals surface area contributed by atoms with E-state index in [1.165, 1.54) is 0 Å². The van der Waals surface area contributed by atoms with Crippen LogP contribution in [0.2, 0.25) is 0 Å². The zero-order chi connectivity index (χ0) is 21.4. The molecule has 1 saturated heterocycles. The highest BCUT2D eigenvalue weighted by Crippen LogP contribution is 2.55. The van der Waals surface area contributed by atoms with Gasteiger partial charge in [-0.1, -0.05) is 6.92 Å². The second-order valence-electron chi connectivity index (χ2n) is 6.50. The minimum absolute atomic E-state index is 0.0320. The van der Waals surface area contributed by atoms with E-state index in [9.17, 15) is 48.3 Å². The van der Waals surface area contributed by atoms with Gasteiger partial charge in [-0.3, -0.25) is 4.79 Å². The molecule has 1 aromatic carbocycles. The maximum absolute atomic E-state index is 12.4. The number of halogens is 3. The van der Waals surface area contributed by atoms with E-state index in [1.54, 1.807) is 6.92 Å². The number of benzene rings is 1. The van der Waals surface area contributed by atoms with E-state index in [1.807, 2.05) is 0 Å². The van der Waals surface area contributed by atoms with E-state index in [0.29, 0.717) is 6.42 Å². The number of amides is 1. The highest BCUT2D eigenvalue weighted by molar-refractivity contribution is 6.32. The Bertz CT molecular complexity index is 766. The van der Waals surface area contributed by atoms with Gasteiger partial charge in [0.1, 0.15) is 0 Å². The molecule has 0 aromatic heterocycles. The first-order chi connectivity index (χ1) is 12.8. The lowest BCUT2D eigenvalue weighted by molar-refractivity contribution is -0.190. The van der Waals surface area contributed by atoms with Gasteiger partial charge in [0.25, 0.3) is 0 Å². The molecular formula is C16H18F3NO8. The van der Waals surface area contributed by atoms with Gasteiger partial charge in [-0.25, -0.2) is 4.79 Å². The minimum atomic E-state index is -4.84. The van der Waals surface area contributed by atoms with E-state index in [4.69, 9.17) is 0 Å². The number of phenolic OH excluding ortho intramolecular Hbond substituents is 5. The average Bonchev–Trinajstić information content (AvgIpc) is 2.62. The van der Waals surface area contributed by atoms with Crippen molar-refractivity contribution in [1.29, 1.82) is 0 Å². The molecule has 0 bridgehead atoms. The van der Waals surface area contributed by atoms with E-state index in [2.05, 4.69) is 4.74 Å². The fraction of sp³-hybridized carbons (Fsp3) is 0.500. The summed E-state index contributed by atoms with van der Waals surface area (Å²) in [5.41, 5.74) is -0.559. The first-order valence-corrected chi connectivity index (χ1v) is 8.08. The van der Waals surface area contributed by atoms with Crippen molar-refractivity contribution in [3.05, 3.63) is 5.56 Å². The first kappa shape index (κ1) is 21.3. The molecular weight excluding hydrogens is 391 g/mol. The number of nitrogens with zero attached hydrogens (tertiary/aromatic N) is 1. The lowest BCUT2D eigenvalue weighted by Crippen LogP contribution is -2.45. The third-order valence-corrected chi connectivity index (χ3v) is 4.36. The number of alkyl halides is 3. The topological polar surface area (TPSA) is 148 Å². The third kappa shape index (κ3) is 4.10. The Hall–Kier alpha value is -3.05. The summed E-state index contributed by atoms with van der Waals surface area (Å²) >= 11 is 0. The van der Waals surface area contributed by atoms with Crippen LogP contribution in [0, 0.1) is 5.92 Å². The standard InChI is InChI=1S/C16H18F3NO8/c1-6-2-3-7(8-9(21)11(23)13(25)12(24)10(8)22)20(4-6)14(26)15(27)28-5-16(17,18)19/h6-7,21-25H,2-5H2,1H3. The Balaban J connectivity index is 2.41. The molecule has 2 atom stereocenters. The predicted molar refractivity (Wildman–Crippen MR) is 84.6 cm³/mol. The quantitative estimate of drug-likeness (QED) is 0.214. The second kappa shape index (κ2) is 7.52. The molecule has 0 radical (unpaired) electrons. The third-order valence-electron chi connectivity index (χ3n) is 4.36. The van der Waals surface area contributed by atoms with Crippen LogP contribution in [0.1, 0.15) is 31.4 Å². The molecule has 9 nitrogen and oxygen atoms in total. The van der Waals surface area contributed by atoms with Crippen LogP contribution < -0.4 is 0 Å². The van der Waals surface area contributed by atoms with Crippen molar-refractivity contribution in [2.75, 3.05) is 13.2 Å². The minimum Gasteiger partial charge on any atom is -0.504 e. The maximum atomic E-state index is 12.4. The monoisotopic (exact) mass is 409 g/mol. The first-order valence-electron chi connectivity index (χ1n) is 8.08. The van der Waals surface area contributed by atoms with Crippen LogP contribution in [0.3, 0.4) is 0 Å². The van der Waals surface area contributed by atoms with Gasteiger partial charge in [0.05, 0.1) is 11.6 Å². The largest absolute Gasteiger partial charge is 0.504 e. The van der Waals surface area contributed by atoms with E-state index in [-0.39, 0.29) is 18.9 Å². The van der Waals surface area contributed by atoms with E-state index in [0.717, 1.165) is 4.90 Å². The summed E-state index contributed by atoms with van der Waals surface area (Å²) in [7, 11) is 0. The molecule has 12 heteroatoms. The molecule has 1 aliphatic heterocycles. The number of hydrogen-bond acceptors (Lipinski definition) is 8. The fourth-order valence-electron chi connectivity index (χ4n) is 3.02. The van der Waals surface area contributed by atoms with Crippen LogP contribution in [0.5, 0.6) is 28.7 Å². The molecule has 1 amide bonds. The number of carbonyl (C=O) groups excluding carboxylic acids is 2. The summed E-state index contributed by atoms with van der Waals surface area (Å²) in [5, 5.41) is 49.0. The zero-order valence-electron chi connectivity index (χ0n) is 14.5. The Kier molecular flexibility index (Phi) is 5.71. The van der Waals surface area contributed by atoms with Crippen molar-refractivity contribution in [1.82, 2.24) is 4.90 Å². The Labute approximate surface area is 156 Å². The van der Waals surface area contributed by atoms with Crippen LogP contribution in [0.25, 0.3) is 0 Å². The van der Waals surface area contributed by atoms with Gasteiger partial charge in [0.2, 0.25) is 17.2 Å². The zero-order valence-corrected chi connectivity index (χ0v) is 14.5. The van der Waals surface area contributed by atoms with Gasteiger partial charge in [-0.05, 0) is 18.8 Å². The van der Waals surface area contributed by atoms with Crippen LogP contribution >= 0.6 is 0 Å². The molecule has 1 aliphatic rings. The molecule has 1 heterocycles. The molecule has 0 aliphatic carbocycles. The number of likely N-dealkylation sites (tertiary alicyclic amines) is 1. The number of phenols is 5. The van der Waals surface area contributed by atoms with Crippen LogP contribution in [-0.2, 0) is 14.3 Å². The summed E-state index contributed by atoms with van der Waals surface area (Å²) in [4.78, 5) is 24.9. The molecule has 1 aromatic rings. The maximum Gasteiger partial charge on any atom is 0.422 e. The Morgan fingerprint density at radius 2 is 1.50 bits per heavy atom. The number of carbonyl (C=O) groups is 2. The molecule has 2 rings (SSSR count). The SMILES string of the molecule is CC1CCC(c2c(O)c(O)c(O)c(O)c2O)N(C(=O)C(=O)OCC(F)(F)F)C1. The van der Waals surface area contributed by atoms with E-state index >= 15 is 0 Å². The average molecular weight is 409 g/mol. The van der Waals surface area contributed by atoms with Crippen molar-refractivity contribution in [3.63, 3.8) is 0 Å². The van der Waals surface area contributed by atoms with Gasteiger partial charge in [-0.2, -0.15) is 13.2 Å². The molecule has 5 N–H and O–H groups in total. The second-order valence-corrected chi connectivity index (χ2v) is 6.50. The normalized spacial score (nSPS) is 20.1. The smallest absolute Gasteiger partial charge is 0.422 e. The highest BCUT2D eigenvalue weighted by Gasteiger charge is 2.40. The fourth-order valence-corrected chi connectivity index (χ4v) is 3.02. The lowest BCUT2D eigenvalue weighted by Gasteiger charge is -2.38. The summed E-state index contributed by atoms with van der Waals surface area (Å²) in [6.45, 7) is -0.405. The van der Waals surface area contributed by atoms with E-state index < -0.39 is 65.0 Å². The van der Waals surface area contributed by atoms with Crippen molar-refractivity contribution in [2.45, 2.75) is 32.0 Å². The molecule has 2 unspecified atom stereocenters. The lowest BCUT2D eigenvalue weighted by atomic mass is 9.88. The van der Waals surface area contributed by atoms with Gasteiger partial charge in [-0.15, -0.1) is 0 Å². The molecule has 1 fully saturated rings. The Morgan fingerprint density at radius 3 is 2.00 bits per heavy atom. The number of ether oxygens (including phenoxy) is 1. The summed E-state index contributed by atoms with van der Waals surface area (Å²) < 4.78 is 40.6. The van der Waals surface area contributed by atoms with Gasteiger partial charge < -0.3 is 35.2 Å². The van der Waals surface area contributed by atoms with Crippen LogP contribution in [-0.4, -0.2) is 61.6 Å². The van der Waals surface area contributed by atoms with Crippen LogP contribution in [0.15, 0.2) is 0 Å². The number of rotatable bonds is 2. The highest BCUT2D eigenvalue weighted by atomic mass is 19.4. The number of hydrogen-bond donors (Lipinski definition) is 5. The molecule has 0 saturated carbocycles. The van der Waals surface area contributed by atoms with Crippen molar-refractivity contribution in [2.24, 2.45) is 5.92 Å². The van der Waals surface area contributed by atoms with Crippen molar-refractivity contribution >= 4 is 11.9 Å². The number of aromatic hydroxyl groups is 5. The predicted octanol–water partition coefficient (Wildman–Crippen LogP) is 1.62. The summed E-state index contributed by atoms with van der Waals surface area (Å²) in [5.74, 6) is -9.06. The van der Waals surface area contributed by atoms with Crippen molar-refractivity contribution in [3.8, 4) is 28.7 Å². The Morgan fingerprint density at radius 1 is 1.00 bits per heavy atom. The van der Waals surface area contributed by atoms with Gasteiger partial charge >= 0.3 is 18.1 Å². The van der Waals surface area contributed by atoms with Crippen LogP contribution in [0.4, 0.5) is 13.2 Å². The van der Waals surface area contributed by atoms with Crippen molar-refractivity contribution < 1.29 is 53.0 Å². The van der Waals surface area contributed by atoms with Gasteiger partial charge in [0, 0.05) is 6.54 Å². The molecule has 0 spiro atoms. The number of piperidine rings is 1. The summed E-state index contributed by atoms with van der Waals surface area (Å²) in [6, 6.07) is -1.28. The van der Waals surface area contributed by atoms with Gasteiger partial charge in [0.15, 0.2) is 18.1 Å². The summed E-state index contributed by atoms with van der Waals surface area (Å²) in [6.07, 6.45) is -4.38.